The van der Waals surface area contributed by atoms with Gasteiger partial charge in [-0.1, -0.05) is 22.0 Å². The van der Waals surface area contributed by atoms with Crippen molar-refractivity contribution in [2.75, 3.05) is 20.8 Å². The summed E-state index contributed by atoms with van der Waals surface area (Å²) in [5.41, 5.74) is 1.62. The first-order valence-electron chi connectivity index (χ1n) is 9.54. The van der Waals surface area contributed by atoms with Gasteiger partial charge in [-0.15, -0.1) is 0 Å². The zero-order valence-corrected chi connectivity index (χ0v) is 18.6. The van der Waals surface area contributed by atoms with E-state index in [-0.39, 0.29) is 24.9 Å². The first-order chi connectivity index (χ1) is 14.8. The lowest BCUT2D eigenvalue weighted by Gasteiger charge is -2.36. The number of imidazole rings is 1. The molecule has 3 rings (SSSR count). The van der Waals surface area contributed by atoms with Crippen molar-refractivity contribution in [2.45, 2.75) is 31.3 Å². The molecule has 0 saturated carbocycles. The monoisotopic (exact) mass is 496 g/mol. The smallest absolute Gasteiger partial charge is 0.328 e. The number of aromatic amines is 1. The molecule has 9 nitrogen and oxygen atoms in total. The second kappa shape index (κ2) is 9.90. The number of urea groups is 1. The number of halogens is 2. The van der Waals surface area contributed by atoms with E-state index >= 15 is 0 Å². The van der Waals surface area contributed by atoms with Crippen molar-refractivity contribution in [3.63, 3.8) is 0 Å². The molecule has 2 unspecified atom stereocenters. The Bertz CT molecular complexity index is 982. The van der Waals surface area contributed by atoms with Crippen molar-refractivity contribution in [3.05, 3.63) is 51.8 Å². The fourth-order valence-corrected chi connectivity index (χ4v) is 3.85. The number of ether oxygens (including phenoxy) is 2. The van der Waals surface area contributed by atoms with Gasteiger partial charge in [0, 0.05) is 35.1 Å². The number of benzene rings is 1. The van der Waals surface area contributed by atoms with E-state index < -0.39 is 35.9 Å². The molecule has 11 heteroatoms. The molecule has 0 saturated heterocycles. The summed E-state index contributed by atoms with van der Waals surface area (Å²) in [6.45, 7) is 0.270. The van der Waals surface area contributed by atoms with Crippen LogP contribution in [0.3, 0.4) is 0 Å². The predicted molar refractivity (Wildman–Crippen MR) is 111 cm³/mol. The molecule has 1 aromatic heterocycles. The molecule has 0 bridgehead atoms. The highest BCUT2D eigenvalue weighted by atomic mass is 79.9. The molecule has 2 aromatic rings. The van der Waals surface area contributed by atoms with Crippen molar-refractivity contribution in [3.8, 4) is 0 Å². The quantitative estimate of drug-likeness (QED) is 0.593. The summed E-state index contributed by atoms with van der Waals surface area (Å²) in [7, 11) is 2.43. The number of carbonyl (C=O) groups excluding carboxylic acids is 3. The number of aromatic nitrogens is 2. The SMILES string of the molecule is COC(=O)CCC(NC(=O)N1CCc2[nH]cnc2C1c1ccc(Br)cc1F)C(=O)OC. The maximum absolute atomic E-state index is 14.8. The van der Waals surface area contributed by atoms with Gasteiger partial charge >= 0.3 is 18.0 Å². The molecule has 0 spiro atoms. The summed E-state index contributed by atoms with van der Waals surface area (Å²) in [6, 6.07) is 2.14. The second-order valence-corrected chi connectivity index (χ2v) is 7.83. The number of esters is 2. The van der Waals surface area contributed by atoms with Gasteiger partial charge in [-0.05, 0) is 18.6 Å². The summed E-state index contributed by atoms with van der Waals surface area (Å²) >= 11 is 3.24. The van der Waals surface area contributed by atoms with E-state index in [9.17, 15) is 18.8 Å². The molecule has 166 valence electrons. The number of hydrogen-bond acceptors (Lipinski definition) is 6. The summed E-state index contributed by atoms with van der Waals surface area (Å²) in [4.78, 5) is 45.5. The molecule has 1 aliphatic heterocycles. The Labute approximate surface area is 186 Å². The molecule has 31 heavy (non-hydrogen) atoms. The fraction of sp³-hybridized carbons (Fsp3) is 0.400. The molecule has 1 aromatic carbocycles. The minimum absolute atomic E-state index is 0.00386. The van der Waals surface area contributed by atoms with Gasteiger partial charge in [0.15, 0.2) is 0 Å². The molecule has 2 atom stereocenters. The van der Waals surface area contributed by atoms with Gasteiger partial charge < -0.3 is 24.7 Å². The minimum Gasteiger partial charge on any atom is -0.469 e. The van der Waals surface area contributed by atoms with Crippen molar-refractivity contribution in [1.82, 2.24) is 20.2 Å². The van der Waals surface area contributed by atoms with Crippen LogP contribution in [0.5, 0.6) is 0 Å². The minimum atomic E-state index is -1.06. The highest BCUT2D eigenvalue weighted by Gasteiger charge is 2.37. The maximum atomic E-state index is 14.8. The molecule has 1 aliphatic rings. The predicted octanol–water partition coefficient (Wildman–Crippen LogP) is 2.46. The van der Waals surface area contributed by atoms with E-state index in [1.54, 1.807) is 12.1 Å². The lowest BCUT2D eigenvalue weighted by Crippen LogP contribution is -2.51. The van der Waals surface area contributed by atoms with Gasteiger partial charge in [0.2, 0.25) is 0 Å². The molecule has 0 fully saturated rings. The third-order valence-corrected chi connectivity index (χ3v) is 5.58. The van der Waals surface area contributed by atoms with E-state index in [0.717, 1.165) is 5.69 Å². The molecule has 0 aliphatic carbocycles. The fourth-order valence-electron chi connectivity index (χ4n) is 3.52. The summed E-state index contributed by atoms with van der Waals surface area (Å²) in [6.07, 6.45) is 1.92. The topological polar surface area (TPSA) is 114 Å². The van der Waals surface area contributed by atoms with Gasteiger partial charge in [-0.25, -0.2) is 19.0 Å². The van der Waals surface area contributed by atoms with E-state index in [1.165, 1.54) is 31.5 Å². The molecular formula is C20H22BrFN4O5. The Morgan fingerprint density at radius 3 is 2.81 bits per heavy atom. The second-order valence-electron chi connectivity index (χ2n) is 6.92. The van der Waals surface area contributed by atoms with Gasteiger partial charge in [-0.3, -0.25) is 4.79 Å². The highest BCUT2D eigenvalue weighted by Crippen LogP contribution is 2.35. The number of carbonyl (C=O) groups is 3. The van der Waals surface area contributed by atoms with Crippen LogP contribution in [-0.2, 0) is 25.5 Å². The van der Waals surface area contributed by atoms with Crippen LogP contribution in [0.4, 0.5) is 9.18 Å². The summed E-state index contributed by atoms with van der Waals surface area (Å²) < 4.78 is 24.7. The third-order valence-electron chi connectivity index (χ3n) is 5.09. The van der Waals surface area contributed by atoms with Crippen molar-refractivity contribution in [1.29, 1.82) is 0 Å². The Kier molecular flexibility index (Phi) is 7.26. The van der Waals surface area contributed by atoms with Crippen LogP contribution in [-0.4, -0.2) is 59.6 Å². The average molecular weight is 497 g/mol. The van der Waals surface area contributed by atoms with Crippen LogP contribution in [0.15, 0.2) is 29.0 Å². The van der Waals surface area contributed by atoms with Crippen LogP contribution < -0.4 is 5.32 Å². The molecular weight excluding hydrogens is 475 g/mol. The van der Waals surface area contributed by atoms with E-state index in [2.05, 4.69) is 36.0 Å². The molecule has 2 heterocycles. The van der Waals surface area contributed by atoms with Gasteiger partial charge in [0.05, 0.1) is 26.2 Å². The molecule has 0 radical (unpaired) electrons. The average Bonchev–Trinajstić information content (AvgIpc) is 3.24. The number of H-pyrrole nitrogens is 1. The zero-order valence-electron chi connectivity index (χ0n) is 17.0. The Balaban J connectivity index is 1.88. The van der Waals surface area contributed by atoms with Crippen LogP contribution >= 0.6 is 15.9 Å². The number of rotatable bonds is 6. The molecule has 2 amide bonds. The van der Waals surface area contributed by atoms with E-state index in [4.69, 9.17) is 4.74 Å². The van der Waals surface area contributed by atoms with Crippen LogP contribution in [0.25, 0.3) is 0 Å². The third kappa shape index (κ3) is 5.04. The lowest BCUT2D eigenvalue weighted by molar-refractivity contribution is -0.144. The van der Waals surface area contributed by atoms with E-state index in [0.29, 0.717) is 16.6 Å². The van der Waals surface area contributed by atoms with Gasteiger partial charge in [0.1, 0.15) is 17.9 Å². The Morgan fingerprint density at radius 2 is 2.13 bits per heavy atom. The molecule has 2 N–H and O–H groups in total. The van der Waals surface area contributed by atoms with Crippen LogP contribution in [0.2, 0.25) is 0 Å². The lowest BCUT2D eigenvalue weighted by atomic mass is 9.95. The van der Waals surface area contributed by atoms with Crippen molar-refractivity contribution in [2.24, 2.45) is 0 Å². The number of hydrogen-bond donors (Lipinski definition) is 2. The standard InChI is InChI=1S/C20H22BrFN4O5/c1-30-16(27)6-5-15(19(28)31-2)25-20(29)26-8-7-14-17(24-10-23-14)18(26)12-4-3-11(21)9-13(12)22/h3-4,9-10,15,18H,5-8H2,1-2H3,(H,23,24)(H,25,29). The zero-order chi connectivity index (χ0) is 22.5. The summed E-state index contributed by atoms with van der Waals surface area (Å²) in [5.74, 6) is -1.71. The summed E-state index contributed by atoms with van der Waals surface area (Å²) in [5, 5.41) is 2.61. The number of fused-ring (bicyclic) bond motifs is 1. The Hall–Kier alpha value is -2.95. The largest absolute Gasteiger partial charge is 0.469 e. The van der Waals surface area contributed by atoms with E-state index in [1.807, 2.05) is 0 Å². The number of amides is 2. The van der Waals surface area contributed by atoms with Crippen molar-refractivity contribution < 1.29 is 28.2 Å². The van der Waals surface area contributed by atoms with Crippen LogP contribution in [0.1, 0.15) is 35.8 Å². The maximum Gasteiger partial charge on any atom is 0.328 e. The van der Waals surface area contributed by atoms with Gasteiger partial charge in [-0.2, -0.15) is 0 Å². The number of methoxy groups -OCH3 is 2. The number of nitrogens with one attached hydrogen (secondary N) is 2. The van der Waals surface area contributed by atoms with Gasteiger partial charge in [0.25, 0.3) is 0 Å². The van der Waals surface area contributed by atoms with Crippen molar-refractivity contribution >= 4 is 33.9 Å². The number of nitrogens with zero attached hydrogens (tertiary/aromatic N) is 2. The first-order valence-corrected chi connectivity index (χ1v) is 10.3. The highest BCUT2D eigenvalue weighted by molar-refractivity contribution is 9.10. The van der Waals surface area contributed by atoms with Crippen LogP contribution in [0, 0.1) is 5.82 Å². The first kappa shape index (κ1) is 22.7. The Morgan fingerprint density at radius 1 is 1.35 bits per heavy atom. The normalized spacial score (nSPS) is 16.3.